The number of nitro benzene ring substituents is 1. The minimum Gasteiger partial charge on any atom is -0.392 e. The minimum atomic E-state index is -0.541. The average Bonchev–Trinajstić information content (AvgIpc) is 2.27. The van der Waals surface area contributed by atoms with Crippen LogP contribution in [0.5, 0.6) is 0 Å². The van der Waals surface area contributed by atoms with Gasteiger partial charge in [-0.2, -0.15) is 0 Å². The lowest BCUT2D eigenvalue weighted by atomic mass is 10.1. The van der Waals surface area contributed by atoms with Crippen molar-refractivity contribution in [1.29, 1.82) is 0 Å². The first-order chi connectivity index (χ1) is 8.90. The van der Waals surface area contributed by atoms with E-state index in [0.717, 1.165) is 18.2 Å². The van der Waals surface area contributed by atoms with Crippen LogP contribution >= 0.6 is 0 Å². The number of nitro groups is 1. The summed E-state index contributed by atoms with van der Waals surface area (Å²) in [6.07, 6.45) is 0.144. The van der Waals surface area contributed by atoms with Gasteiger partial charge >= 0.3 is 0 Å². The molecule has 1 atom stereocenters. The Morgan fingerprint density at radius 2 is 2.16 bits per heavy atom. The predicted octanol–water partition coefficient (Wildman–Crippen LogP) is 2.23. The van der Waals surface area contributed by atoms with Crippen LogP contribution in [0, 0.1) is 21.8 Å². The van der Waals surface area contributed by atoms with Gasteiger partial charge in [0.25, 0.3) is 5.69 Å². The van der Waals surface area contributed by atoms with E-state index in [4.69, 9.17) is 0 Å². The lowest BCUT2D eigenvalue weighted by Crippen LogP contribution is -2.27. The highest BCUT2D eigenvalue weighted by molar-refractivity contribution is 5.40. The first-order valence-electron chi connectivity index (χ1n) is 6.21. The van der Waals surface area contributed by atoms with Crippen LogP contribution in [-0.4, -0.2) is 22.7 Å². The number of hydrogen-bond acceptors (Lipinski definition) is 4. The quantitative estimate of drug-likeness (QED) is 0.588. The predicted molar refractivity (Wildman–Crippen MR) is 70.2 cm³/mol. The number of nitrogens with zero attached hydrogens (tertiary/aromatic N) is 1. The number of nitrogens with one attached hydrogen (secondary N) is 1. The Labute approximate surface area is 111 Å². The van der Waals surface area contributed by atoms with Crippen molar-refractivity contribution in [2.24, 2.45) is 5.92 Å². The maximum Gasteiger partial charge on any atom is 0.274 e. The van der Waals surface area contributed by atoms with Crippen LogP contribution in [0.1, 0.15) is 25.8 Å². The second-order valence-electron chi connectivity index (χ2n) is 4.94. The number of aliphatic hydroxyl groups is 1. The molecule has 0 fully saturated rings. The van der Waals surface area contributed by atoms with E-state index in [1.807, 2.05) is 13.8 Å². The van der Waals surface area contributed by atoms with Crippen molar-refractivity contribution in [1.82, 2.24) is 5.32 Å². The van der Waals surface area contributed by atoms with Gasteiger partial charge in [-0.3, -0.25) is 10.1 Å². The van der Waals surface area contributed by atoms with E-state index in [9.17, 15) is 19.6 Å². The second-order valence-corrected chi connectivity index (χ2v) is 4.94. The molecule has 6 heteroatoms. The van der Waals surface area contributed by atoms with E-state index in [1.54, 1.807) is 0 Å². The van der Waals surface area contributed by atoms with E-state index in [2.05, 4.69) is 5.32 Å². The molecule has 0 aromatic heterocycles. The molecular weight excluding hydrogens is 251 g/mol. The summed E-state index contributed by atoms with van der Waals surface area (Å²) in [6.45, 7) is 4.48. The molecule has 1 rings (SSSR count). The van der Waals surface area contributed by atoms with Gasteiger partial charge in [0.05, 0.1) is 11.0 Å². The van der Waals surface area contributed by atoms with Crippen molar-refractivity contribution >= 4 is 5.69 Å². The van der Waals surface area contributed by atoms with Crippen LogP contribution in [0.25, 0.3) is 0 Å². The summed E-state index contributed by atoms with van der Waals surface area (Å²) in [5.41, 5.74) is 0.161. The molecule has 106 valence electrons. The Hall–Kier alpha value is -1.53. The largest absolute Gasteiger partial charge is 0.392 e. The summed E-state index contributed by atoms with van der Waals surface area (Å²) in [5.74, 6) is -0.134. The summed E-state index contributed by atoms with van der Waals surface area (Å²) in [7, 11) is 0. The molecule has 5 nitrogen and oxygen atoms in total. The summed E-state index contributed by atoms with van der Waals surface area (Å²) in [6, 6.07) is 3.35. The standard InChI is InChI=1S/C13H19FN2O3/c1-9(2)5-12(17)8-15-7-10-6-11(14)3-4-13(10)16(18)19/h3-4,6,9,12,15,17H,5,7-8H2,1-2H3. The Morgan fingerprint density at radius 3 is 2.74 bits per heavy atom. The van der Waals surface area contributed by atoms with Gasteiger partial charge in [0, 0.05) is 24.7 Å². The zero-order valence-corrected chi connectivity index (χ0v) is 11.1. The Bertz CT molecular complexity index is 438. The van der Waals surface area contributed by atoms with Gasteiger partial charge in [-0.25, -0.2) is 4.39 Å². The van der Waals surface area contributed by atoms with Crippen molar-refractivity contribution in [3.63, 3.8) is 0 Å². The van der Waals surface area contributed by atoms with E-state index in [0.29, 0.717) is 18.9 Å². The number of hydrogen-bond donors (Lipinski definition) is 2. The first kappa shape index (κ1) is 15.5. The van der Waals surface area contributed by atoms with Crippen LogP contribution < -0.4 is 5.32 Å². The van der Waals surface area contributed by atoms with E-state index < -0.39 is 16.8 Å². The SMILES string of the molecule is CC(C)CC(O)CNCc1cc(F)ccc1[N+](=O)[O-]. The monoisotopic (exact) mass is 270 g/mol. The Balaban J connectivity index is 2.57. The summed E-state index contributed by atoms with van der Waals surface area (Å²) in [5, 5.41) is 23.3. The van der Waals surface area contributed by atoms with Crippen molar-refractivity contribution in [2.45, 2.75) is 32.9 Å². The fraction of sp³-hybridized carbons (Fsp3) is 0.538. The molecule has 0 heterocycles. The maximum atomic E-state index is 13.1. The van der Waals surface area contributed by atoms with E-state index in [1.165, 1.54) is 0 Å². The molecular formula is C13H19FN2O3. The van der Waals surface area contributed by atoms with Gasteiger partial charge in [-0.05, 0) is 24.5 Å². The van der Waals surface area contributed by atoms with Crippen molar-refractivity contribution < 1.29 is 14.4 Å². The normalized spacial score (nSPS) is 12.7. The summed E-state index contributed by atoms with van der Waals surface area (Å²) in [4.78, 5) is 10.2. The molecule has 0 bridgehead atoms. The molecule has 1 aromatic carbocycles. The molecule has 0 spiro atoms. The highest BCUT2D eigenvalue weighted by Gasteiger charge is 2.14. The van der Waals surface area contributed by atoms with Gasteiger partial charge in [0.1, 0.15) is 5.82 Å². The summed E-state index contributed by atoms with van der Waals surface area (Å²) >= 11 is 0. The van der Waals surface area contributed by atoms with Crippen LogP contribution in [0.3, 0.4) is 0 Å². The molecule has 0 aliphatic carbocycles. The van der Waals surface area contributed by atoms with Gasteiger partial charge in [0.15, 0.2) is 0 Å². The molecule has 0 saturated heterocycles. The van der Waals surface area contributed by atoms with Crippen LogP contribution in [-0.2, 0) is 6.54 Å². The Morgan fingerprint density at radius 1 is 1.47 bits per heavy atom. The van der Waals surface area contributed by atoms with E-state index in [-0.39, 0.29) is 17.8 Å². The van der Waals surface area contributed by atoms with Crippen LogP contribution in [0.2, 0.25) is 0 Å². The smallest absolute Gasteiger partial charge is 0.274 e. The maximum absolute atomic E-state index is 13.1. The highest BCUT2D eigenvalue weighted by atomic mass is 19.1. The third kappa shape index (κ3) is 5.32. The minimum absolute atomic E-state index is 0.118. The van der Waals surface area contributed by atoms with Gasteiger partial charge in [-0.1, -0.05) is 13.8 Å². The lowest BCUT2D eigenvalue weighted by molar-refractivity contribution is -0.385. The molecule has 1 unspecified atom stereocenters. The summed E-state index contributed by atoms with van der Waals surface area (Å²) < 4.78 is 13.1. The highest BCUT2D eigenvalue weighted by Crippen LogP contribution is 2.19. The molecule has 0 aliphatic rings. The van der Waals surface area contributed by atoms with Crippen molar-refractivity contribution in [2.75, 3.05) is 6.54 Å². The molecule has 0 radical (unpaired) electrons. The molecule has 0 amide bonds. The fourth-order valence-electron chi connectivity index (χ4n) is 1.87. The topological polar surface area (TPSA) is 75.4 Å². The van der Waals surface area contributed by atoms with E-state index >= 15 is 0 Å². The zero-order valence-electron chi connectivity index (χ0n) is 11.1. The van der Waals surface area contributed by atoms with Crippen LogP contribution in [0.15, 0.2) is 18.2 Å². The van der Waals surface area contributed by atoms with Gasteiger partial charge in [0.2, 0.25) is 0 Å². The molecule has 1 aromatic rings. The molecule has 0 aliphatic heterocycles. The van der Waals surface area contributed by atoms with Gasteiger partial charge < -0.3 is 10.4 Å². The Kier molecular flexibility index (Phi) is 5.85. The zero-order chi connectivity index (χ0) is 14.4. The van der Waals surface area contributed by atoms with Gasteiger partial charge in [-0.15, -0.1) is 0 Å². The number of benzene rings is 1. The van der Waals surface area contributed by atoms with Crippen LogP contribution in [0.4, 0.5) is 10.1 Å². The number of halogens is 1. The third-order valence-electron chi connectivity index (χ3n) is 2.68. The molecule has 2 N–H and O–H groups in total. The number of aliphatic hydroxyl groups excluding tert-OH is 1. The fourth-order valence-corrected chi connectivity index (χ4v) is 1.87. The average molecular weight is 270 g/mol. The van der Waals surface area contributed by atoms with Crippen molar-refractivity contribution in [3.05, 3.63) is 39.7 Å². The molecule has 0 saturated carbocycles. The third-order valence-corrected chi connectivity index (χ3v) is 2.68. The first-order valence-corrected chi connectivity index (χ1v) is 6.21. The van der Waals surface area contributed by atoms with Crippen molar-refractivity contribution in [3.8, 4) is 0 Å². The molecule has 19 heavy (non-hydrogen) atoms. The lowest BCUT2D eigenvalue weighted by Gasteiger charge is -2.13. The second kappa shape index (κ2) is 7.16. The number of rotatable bonds is 7.